The third-order valence-electron chi connectivity index (χ3n) is 4.36. The van der Waals surface area contributed by atoms with Crippen molar-refractivity contribution in [2.75, 3.05) is 26.2 Å². The molecule has 1 aliphatic rings. The number of benzene rings is 1. The quantitative estimate of drug-likeness (QED) is 0.898. The molecule has 1 fully saturated rings. The number of nitrogens with zero attached hydrogens (tertiary/aromatic N) is 2. The van der Waals surface area contributed by atoms with Crippen molar-refractivity contribution in [3.63, 3.8) is 0 Å². The second kappa shape index (κ2) is 7.86. The summed E-state index contributed by atoms with van der Waals surface area (Å²) in [4.78, 5) is 40.3. The van der Waals surface area contributed by atoms with Crippen LogP contribution in [0.3, 0.4) is 0 Å². The summed E-state index contributed by atoms with van der Waals surface area (Å²) in [6, 6.07) is 11.4. The van der Waals surface area contributed by atoms with Gasteiger partial charge < -0.3 is 19.5 Å². The zero-order valence-corrected chi connectivity index (χ0v) is 14.6. The number of amides is 3. The number of rotatable bonds is 4. The van der Waals surface area contributed by atoms with Crippen LogP contribution in [0.1, 0.15) is 27.8 Å². The average molecular weight is 355 g/mol. The van der Waals surface area contributed by atoms with E-state index in [0.29, 0.717) is 37.5 Å². The highest BCUT2D eigenvalue weighted by atomic mass is 16.3. The highest BCUT2D eigenvalue weighted by Gasteiger charge is 2.28. The number of nitrogens with one attached hydrogen (secondary N) is 1. The molecular formula is C19H21N3O4. The zero-order chi connectivity index (χ0) is 18.5. The molecule has 7 nitrogen and oxygen atoms in total. The summed E-state index contributed by atoms with van der Waals surface area (Å²) in [7, 11) is 0. The molecule has 0 aliphatic carbocycles. The highest BCUT2D eigenvalue weighted by molar-refractivity contribution is 5.97. The molecule has 1 N–H and O–H groups in total. The van der Waals surface area contributed by atoms with Gasteiger partial charge in [-0.25, -0.2) is 0 Å². The highest BCUT2D eigenvalue weighted by Crippen LogP contribution is 2.10. The second-order valence-electron chi connectivity index (χ2n) is 6.16. The van der Waals surface area contributed by atoms with Gasteiger partial charge in [0.1, 0.15) is 6.04 Å². The van der Waals surface area contributed by atoms with Crippen LogP contribution in [0, 0.1) is 0 Å². The minimum atomic E-state index is -0.630. The summed E-state index contributed by atoms with van der Waals surface area (Å²) in [6.45, 7) is 3.40. The molecule has 26 heavy (non-hydrogen) atoms. The number of hydrogen-bond donors (Lipinski definition) is 1. The van der Waals surface area contributed by atoms with Crippen LogP contribution in [0.25, 0.3) is 0 Å². The lowest BCUT2D eigenvalue weighted by Gasteiger charge is -2.35. The van der Waals surface area contributed by atoms with Crippen molar-refractivity contribution in [1.82, 2.24) is 15.1 Å². The summed E-state index contributed by atoms with van der Waals surface area (Å²) in [5.74, 6) is -0.307. The summed E-state index contributed by atoms with van der Waals surface area (Å²) >= 11 is 0. The van der Waals surface area contributed by atoms with Gasteiger partial charge in [-0.3, -0.25) is 14.4 Å². The maximum atomic E-state index is 12.6. The smallest absolute Gasteiger partial charge is 0.289 e. The van der Waals surface area contributed by atoms with Crippen LogP contribution < -0.4 is 5.32 Å². The normalized spacial score (nSPS) is 15.4. The van der Waals surface area contributed by atoms with Crippen LogP contribution in [-0.4, -0.2) is 59.7 Å². The minimum Gasteiger partial charge on any atom is -0.459 e. The van der Waals surface area contributed by atoms with Gasteiger partial charge in [-0.2, -0.15) is 0 Å². The zero-order valence-electron chi connectivity index (χ0n) is 14.6. The van der Waals surface area contributed by atoms with Crippen LogP contribution in [0.2, 0.25) is 0 Å². The fourth-order valence-electron chi connectivity index (χ4n) is 2.89. The Kier molecular flexibility index (Phi) is 5.36. The summed E-state index contributed by atoms with van der Waals surface area (Å²) in [6.07, 6.45) is 1.46. The topological polar surface area (TPSA) is 82.9 Å². The standard InChI is InChI=1S/C19H21N3O4/c1-14(20-17(23)15-6-3-2-4-7-15)18(24)21-9-11-22(12-10-21)19(25)16-8-5-13-26-16/h2-8,13-14H,9-12H2,1H3,(H,20,23). The Morgan fingerprint density at radius 2 is 1.62 bits per heavy atom. The van der Waals surface area contributed by atoms with Crippen molar-refractivity contribution >= 4 is 17.7 Å². The molecule has 3 amide bonds. The molecule has 0 spiro atoms. The number of carbonyl (C=O) groups is 3. The summed E-state index contributed by atoms with van der Waals surface area (Å²) < 4.78 is 5.13. The first-order chi connectivity index (χ1) is 12.6. The SMILES string of the molecule is CC(NC(=O)c1ccccc1)C(=O)N1CCN(C(=O)c2ccco2)CC1. The van der Waals surface area contributed by atoms with E-state index in [-0.39, 0.29) is 17.7 Å². The van der Waals surface area contributed by atoms with Gasteiger partial charge in [0.15, 0.2) is 5.76 Å². The van der Waals surface area contributed by atoms with E-state index in [1.807, 2.05) is 6.07 Å². The second-order valence-corrected chi connectivity index (χ2v) is 6.16. The van der Waals surface area contributed by atoms with Crippen molar-refractivity contribution in [2.24, 2.45) is 0 Å². The number of furan rings is 1. The lowest BCUT2D eigenvalue weighted by molar-refractivity contribution is -0.134. The third-order valence-corrected chi connectivity index (χ3v) is 4.36. The first kappa shape index (κ1) is 17.7. The first-order valence-electron chi connectivity index (χ1n) is 8.54. The Morgan fingerprint density at radius 1 is 0.962 bits per heavy atom. The Morgan fingerprint density at radius 3 is 2.23 bits per heavy atom. The Labute approximate surface area is 151 Å². The molecule has 0 radical (unpaired) electrons. The van der Waals surface area contributed by atoms with Gasteiger partial charge in [0.05, 0.1) is 6.26 Å². The van der Waals surface area contributed by atoms with Crippen molar-refractivity contribution in [3.8, 4) is 0 Å². The predicted octanol–water partition coefficient (Wildman–Crippen LogP) is 1.38. The van der Waals surface area contributed by atoms with Crippen LogP contribution in [0.4, 0.5) is 0 Å². The molecule has 1 atom stereocenters. The molecule has 1 aromatic heterocycles. The summed E-state index contributed by atoms with van der Waals surface area (Å²) in [5, 5.41) is 2.72. The van der Waals surface area contributed by atoms with Crippen LogP contribution in [-0.2, 0) is 4.79 Å². The largest absolute Gasteiger partial charge is 0.459 e. The van der Waals surface area contributed by atoms with Gasteiger partial charge in [-0.1, -0.05) is 18.2 Å². The molecule has 1 aliphatic heterocycles. The van der Waals surface area contributed by atoms with E-state index in [9.17, 15) is 14.4 Å². The van der Waals surface area contributed by atoms with Crippen molar-refractivity contribution in [2.45, 2.75) is 13.0 Å². The molecule has 1 unspecified atom stereocenters. The van der Waals surface area contributed by atoms with E-state index in [4.69, 9.17) is 4.42 Å². The minimum absolute atomic E-state index is 0.153. The van der Waals surface area contributed by atoms with Crippen LogP contribution in [0.15, 0.2) is 53.1 Å². The molecule has 2 aromatic rings. The van der Waals surface area contributed by atoms with E-state index in [1.165, 1.54) is 6.26 Å². The summed E-state index contributed by atoms with van der Waals surface area (Å²) in [5.41, 5.74) is 0.515. The van der Waals surface area contributed by atoms with Crippen LogP contribution in [0.5, 0.6) is 0 Å². The average Bonchev–Trinajstić information content (AvgIpc) is 3.22. The maximum Gasteiger partial charge on any atom is 0.289 e. The lowest BCUT2D eigenvalue weighted by atomic mass is 10.2. The Balaban J connectivity index is 1.51. The molecule has 1 saturated heterocycles. The first-order valence-corrected chi connectivity index (χ1v) is 8.54. The maximum absolute atomic E-state index is 12.6. The van der Waals surface area contributed by atoms with E-state index < -0.39 is 6.04 Å². The predicted molar refractivity (Wildman–Crippen MR) is 94.6 cm³/mol. The lowest BCUT2D eigenvalue weighted by Crippen LogP contribution is -2.55. The van der Waals surface area contributed by atoms with E-state index in [1.54, 1.807) is 53.1 Å². The van der Waals surface area contributed by atoms with Gasteiger partial charge >= 0.3 is 0 Å². The molecule has 3 rings (SSSR count). The molecule has 1 aromatic carbocycles. The van der Waals surface area contributed by atoms with Gasteiger partial charge in [-0.05, 0) is 31.2 Å². The van der Waals surface area contributed by atoms with Crippen molar-refractivity contribution < 1.29 is 18.8 Å². The van der Waals surface area contributed by atoms with Crippen LogP contribution >= 0.6 is 0 Å². The number of piperazine rings is 1. The Bertz CT molecular complexity index is 765. The fourth-order valence-corrected chi connectivity index (χ4v) is 2.89. The number of carbonyl (C=O) groups excluding carboxylic acids is 3. The Hall–Kier alpha value is -3.09. The third kappa shape index (κ3) is 3.93. The molecule has 0 saturated carbocycles. The van der Waals surface area contributed by atoms with Gasteiger partial charge in [0.25, 0.3) is 11.8 Å². The van der Waals surface area contributed by atoms with Gasteiger partial charge in [0, 0.05) is 31.7 Å². The van der Waals surface area contributed by atoms with Gasteiger partial charge in [0.2, 0.25) is 5.91 Å². The molecule has 7 heteroatoms. The monoisotopic (exact) mass is 355 g/mol. The molecular weight excluding hydrogens is 334 g/mol. The van der Waals surface area contributed by atoms with Crippen molar-refractivity contribution in [1.29, 1.82) is 0 Å². The fraction of sp³-hybridized carbons (Fsp3) is 0.316. The number of hydrogen-bond acceptors (Lipinski definition) is 4. The molecule has 2 heterocycles. The van der Waals surface area contributed by atoms with E-state index in [0.717, 1.165) is 0 Å². The van der Waals surface area contributed by atoms with E-state index >= 15 is 0 Å². The van der Waals surface area contributed by atoms with E-state index in [2.05, 4.69) is 5.32 Å². The molecule has 136 valence electrons. The van der Waals surface area contributed by atoms with Crippen molar-refractivity contribution in [3.05, 3.63) is 60.1 Å². The van der Waals surface area contributed by atoms with Gasteiger partial charge in [-0.15, -0.1) is 0 Å². The molecule has 0 bridgehead atoms.